The highest BCUT2D eigenvalue weighted by Gasteiger charge is 2.24. The van der Waals surface area contributed by atoms with Gasteiger partial charge in [-0.05, 0) is 49.2 Å². The maximum absolute atomic E-state index is 14.0. The number of carboxylic acids is 1. The molecule has 3 nitrogen and oxygen atoms in total. The quantitative estimate of drug-likeness (QED) is 0.637. The average Bonchev–Trinajstić information content (AvgIpc) is 2.79. The molecule has 0 bridgehead atoms. The number of hydrogen-bond donors (Lipinski definition) is 1. The fourth-order valence-electron chi connectivity index (χ4n) is 3.19. The highest BCUT2D eigenvalue weighted by molar-refractivity contribution is 6.31. The van der Waals surface area contributed by atoms with Gasteiger partial charge in [0, 0.05) is 22.6 Å². The van der Waals surface area contributed by atoms with Gasteiger partial charge in [-0.1, -0.05) is 35.3 Å². The lowest BCUT2D eigenvalue weighted by Gasteiger charge is -2.11. The van der Waals surface area contributed by atoms with Crippen LogP contribution in [0.5, 0.6) is 0 Å². The molecule has 1 heterocycles. The molecule has 3 rings (SSSR count). The van der Waals surface area contributed by atoms with Crippen molar-refractivity contribution in [1.82, 2.24) is 4.57 Å². The third kappa shape index (κ3) is 3.24. The van der Waals surface area contributed by atoms with Crippen molar-refractivity contribution in [2.45, 2.75) is 26.3 Å². The highest BCUT2D eigenvalue weighted by atomic mass is 35.5. The maximum atomic E-state index is 14.0. The van der Waals surface area contributed by atoms with Crippen molar-refractivity contribution < 1.29 is 14.3 Å². The fraction of sp³-hybridized carbons (Fsp3) is 0.211. The standard InChI is InChI=1S/C19H16Cl2FNO2/c1-10(19(24)25)18-11(2)23(9-12-4-3-5-13(20)6-12)17-8-15(21)16(22)7-14(17)18/h3-8,10H,9H2,1-2H3,(H,24,25). The van der Waals surface area contributed by atoms with Crippen molar-refractivity contribution in [3.8, 4) is 0 Å². The zero-order valence-electron chi connectivity index (χ0n) is 13.7. The molecule has 0 spiro atoms. The van der Waals surface area contributed by atoms with E-state index in [1.54, 1.807) is 19.1 Å². The van der Waals surface area contributed by atoms with E-state index in [0.29, 0.717) is 28.0 Å². The highest BCUT2D eigenvalue weighted by Crippen LogP contribution is 2.35. The van der Waals surface area contributed by atoms with Crippen LogP contribution in [0.3, 0.4) is 0 Å². The zero-order chi connectivity index (χ0) is 18.3. The second-order valence-corrected chi connectivity index (χ2v) is 6.90. The molecule has 0 amide bonds. The molecule has 1 atom stereocenters. The SMILES string of the molecule is Cc1c(C(C)C(=O)O)c2cc(F)c(Cl)cc2n1Cc1cccc(Cl)c1. The first-order valence-electron chi connectivity index (χ1n) is 7.74. The average molecular weight is 380 g/mol. The number of halogens is 3. The Morgan fingerprint density at radius 1 is 1.28 bits per heavy atom. The minimum absolute atomic E-state index is 0.00636. The second-order valence-electron chi connectivity index (χ2n) is 6.06. The molecule has 0 saturated heterocycles. The molecule has 3 aromatic rings. The molecule has 0 aliphatic heterocycles. The molecule has 25 heavy (non-hydrogen) atoms. The Hall–Kier alpha value is -2.04. The number of fused-ring (bicyclic) bond motifs is 1. The van der Waals surface area contributed by atoms with Crippen LogP contribution in [0.15, 0.2) is 36.4 Å². The predicted octanol–water partition coefficient (Wildman–Crippen LogP) is 5.63. The largest absolute Gasteiger partial charge is 0.481 e. The van der Waals surface area contributed by atoms with Crippen molar-refractivity contribution in [2.75, 3.05) is 0 Å². The molecular weight excluding hydrogens is 364 g/mol. The van der Waals surface area contributed by atoms with Gasteiger partial charge in [-0.3, -0.25) is 4.79 Å². The van der Waals surface area contributed by atoms with Crippen molar-refractivity contribution in [1.29, 1.82) is 0 Å². The van der Waals surface area contributed by atoms with Gasteiger partial charge in [-0.2, -0.15) is 0 Å². The number of carbonyl (C=O) groups is 1. The summed E-state index contributed by atoms with van der Waals surface area (Å²) in [5.74, 6) is -2.28. The van der Waals surface area contributed by atoms with Crippen LogP contribution in [-0.4, -0.2) is 15.6 Å². The van der Waals surface area contributed by atoms with Gasteiger partial charge in [0.2, 0.25) is 0 Å². The number of nitrogens with zero attached hydrogens (tertiary/aromatic N) is 1. The first-order chi connectivity index (χ1) is 11.8. The van der Waals surface area contributed by atoms with Crippen molar-refractivity contribution in [3.63, 3.8) is 0 Å². The molecule has 0 saturated carbocycles. The molecule has 1 aromatic heterocycles. The molecule has 0 aliphatic carbocycles. The molecule has 2 aromatic carbocycles. The molecule has 0 fully saturated rings. The molecule has 1 unspecified atom stereocenters. The van der Waals surface area contributed by atoms with E-state index in [1.807, 2.05) is 29.7 Å². The predicted molar refractivity (Wildman–Crippen MR) is 98.2 cm³/mol. The summed E-state index contributed by atoms with van der Waals surface area (Å²) in [6.07, 6.45) is 0. The van der Waals surface area contributed by atoms with Gasteiger partial charge < -0.3 is 9.67 Å². The van der Waals surface area contributed by atoms with E-state index in [1.165, 1.54) is 6.07 Å². The summed E-state index contributed by atoms with van der Waals surface area (Å²) >= 11 is 12.0. The molecule has 6 heteroatoms. The zero-order valence-corrected chi connectivity index (χ0v) is 15.2. The Morgan fingerprint density at radius 3 is 2.64 bits per heavy atom. The van der Waals surface area contributed by atoms with Crippen LogP contribution in [0.2, 0.25) is 10.0 Å². The second kappa shape index (κ2) is 6.70. The van der Waals surface area contributed by atoms with E-state index in [2.05, 4.69) is 0 Å². The van der Waals surface area contributed by atoms with Gasteiger partial charge in [-0.25, -0.2) is 4.39 Å². The van der Waals surface area contributed by atoms with Crippen molar-refractivity contribution in [2.24, 2.45) is 0 Å². The van der Waals surface area contributed by atoms with E-state index in [0.717, 1.165) is 11.3 Å². The van der Waals surface area contributed by atoms with Crippen LogP contribution in [0.25, 0.3) is 10.9 Å². The fourth-order valence-corrected chi connectivity index (χ4v) is 3.56. The van der Waals surface area contributed by atoms with Crippen LogP contribution < -0.4 is 0 Å². The number of hydrogen-bond acceptors (Lipinski definition) is 1. The first-order valence-corrected chi connectivity index (χ1v) is 8.50. The smallest absolute Gasteiger partial charge is 0.310 e. The number of aliphatic carboxylic acids is 1. The lowest BCUT2D eigenvalue weighted by Crippen LogP contribution is -2.09. The third-order valence-corrected chi connectivity index (χ3v) is 4.97. The Bertz CT molecular complexity index is 981. The minimum atomic E-state index is -0.958. The van der Waals surface area contributed by atoms with Crippen LogP contribution in [0.4, 0.5) is 4.39 Å². The number of carboxylic acid groups (broad SMARTS) is 1. The van der Waals surface area contributed by atoms with E-state index < -0.39 is 17.7 Å². The summed E-state index contributed by atoms with van der Waals surface area (Å²) in [6, 6.07) is 10.3. The van der Waals surface area contributed by atoms with Crippen molar-refractivity contribution in [3.05, 3.63) is 69.1 Å². The van der Waals surface area contributed by atoms with E-state index in [4.69, 9.17) is 23.2 Å². The minimum Gasteiger partial charge on any atom is -0.481 e. The Kier molecular flexibility index (Phi) is 4.76. The Balaban J connectivity index is 2.25. The molecular formula is C19H16Cl2FNO2. The number of aromatic nitrogens is 1. The summed E-state index contributed by atoms with van der Waals surface area (Å²) < 4.78 is 16.0. The van der Waals surface area contributed by atoms with Crippen LogP contribution >= 0.6 is 23.2 Å². The third-order valence-electron chi connectivity index (χ3n) is 4.45. The summed E-state index contributed by atoms with van der Waals surface area (Å²) in [5, 5.41) is 10.6. The van der Waals surface area contributed by atoms with Crippen LogP contribution in [0.1, 0.15) is 29.7 Å². The van der Waals surface area contributed by atoms with E-state index >= 15 is 0 Å². The topological polar surface area (TPSA) is 42.2 Å². The van der Waals surface area contributed by atoms with Gasteiger partial charge in [0.25, 0.3) is 0 Å². The molecule has 0 aliphatic rings. The van der Waals surface area contributed by atoms with E-state index in [9.17, 15) is 14.3 Å². The first kappa shape index (κ1) is 17.8. The number of rotatable bonds is 4. The van der Waals surface area contributed by atoms with Gasteiger partial charge in [0.05, 0.1) is 16.5 Å². The van der Waals surface area contributed by atoms with Gasteiger partial charge in [-0.15, -0.1) is 0 Å². The summed E-state index contributed by atoms with van der Waals surface area (Å²) in [4.78, 5) is 11.5. The van der Waals surface area contributed by atoms with Crippen LogP contribution in [-0.2, 0) is 11.3 Å². The maximum Gasteiger partial charge on any atom is 0.310 e. The lowest BCUT2D eigenvalue weighted by atomic mass is 9.98. The van der Waals surface area contributed by atoms with Gasteiger partial charge in [0.15, 0.2) is 0 Å². The molecule has 1 N–H and O–H groups in total. The number of benzene rings is 2. The summed E-state index contributed by atoms with van der Waals surface area (Å²) in [7, 11) is 0. The Morgan fingerprint density at radius 2 is 2.00 bits per heavy atom. The normalized spacial score (nSPS) is 12.5. The van der Waals surface area contributed by atoms with Crippen LogP contribution in [0, 0.1) is 12.7 Å². The van der Waals surface area contributed by atoms with Gasteiger partial charge >= 0.3 is 5.97 Å². The monoisotopic (exact) mass is 379 g/mol. The summed E-state index contributed by atoms with van der Waals surface area (Å²) in [6.45, 7) is 3.92. The van der Waals surface area contributed by atoms with Crippen molar-refractivity contribution >= 4 is 40.1 Å². The molecule has 130 valence electrons. The lowest BCUT2D eigenvalue weighted by molar-refractivity contribution is -0.138. The molecule has 0 radical (unpaired) electrons. The Labute approximate surface area is 154 Å². The van der Waals surface area contributed by atoms with Gasteiger partial charge in [0.1, 0.15) is 5.82 Å². The van der Waals surface area contributed by atoms with E-state index in [-0.39, 0.29) is 5.02 Å². The summed E-state index contributed by atoms with van der Waals surface area (Å²) in [5.41, 5.74) is 3.03.